The zero-order valence-electron chi connectivity index (χ0n) is 11.9. The van der Waals surface area contributed by atoms with Gasteiger partial charge in [0.25, 0.3) is 0 Å². The third-order valence-corrected chi connectivity index (χ3v) is 4.09. The molecule has 0 spiro atoms. The molecule has 1 saturated heterocycles. The number of hydrogen-bond donors (Lipinski definition) is 3. The minimum atomic E-state index is -0.969. The van der Waals surface area contributed by atoms with Gasteiger partial charge in [0.15, 0.2) is 0 Å². The second-order valence-corrected chi connectivity index (χ2v) is 5.56. The molecule has 1 fully saturated rings. The van der Waals surface area contributed by atoms with Crippen LogP contribution in [0.1, 0.15) is 24.5 Å². The van der Waals surface area contributed by atoms with E-state index >= 15 is 0 Å². The van der Waals surface area contributed by atoms with Crippen LogP contribution in [0.3, 0.4) is 0 Å². The normalized spacial score (nSPS) is 17.6. The Morgan fingerprint density at radius 1 is 1.57 bits per heavy atom. The van der Waals surface area contributed by atoms with E-state index in [-0.39, 0.29) is 18.4 Å². The second-order valence-electron chi connectivity index (χ2n) is 5.15. The zero-order chi connectivity index (χ0) is 15.4. The molecular weight excluding hydrogens is 294 g/mol. The fraction of sp³-hybridized carbons (Fsp3) is 0.571. The van der Waals surface area contributed by atoms with E-state index in [0.717, 1.165) is 12.8 Å². The van der Waals surface area contributed by atoms with Crippen molar-refractivity contribution in [2.45, 2.75) is 18.9 Å². The minimum Gasteiger partial charge on any atom is -0.393 e. The molecule has 0 bridgehead atoms. The van der Waals surface area contributed by atoms with Crippen molar-refractivity contribution >= 4 is 23.3 Å². The van der Waals surface area contributed by atoms with Crippen LogP contribution in [0.15, 0.2) is 12.3 Å². The van der Waals surface area contributed by atoms with Crippen molar-refractivity contribution in [2.24, 2.45) is 5.92 Å². The van der Waals surface area contributed by atoms with Crippen molar-refractivity contribution in [1.82, 2.24) is 10.3 Å². The number of nitrogens with one attached hydrogen (secondary N) is 1. The number of amides is 1. The highest BCUT2D eigenvalue weighted by molar-refractivity contribution is 6.33. The summed E-state index contributed by atoms with van der Waals surface area (Å²) in [5, 5.41) is 21.6. The van der Waals surface area contributed by atoms with Crippen molar-refractivity contribution in [3.05, 3.63) is 22.8 Å². The number of carbonyl (C=O) groups is 1. The average Bonchev–Trinajstić information content (AvgIpc) is 2.53. The quantitative estimate of drug-likeness (QED) is 0.763. The highest BCUT2D eigenvalue weighted by atomic mass is 35.5. The average molecular weight is 314 g/mol. The van der Waals surface area contributed by atoms with Crippen LogP contribution in [0.25, 0.3) is 0 Å². The lowest BCUT2D eigenvalue weighted by molar-refractivity contribution is -0.125. The molecule has 2 rings (SSSR count). The molecular formula is C14H20ClN3O3. The number of anilines is 1. The number of piperidine rings is 1. The van der Waals surface area contributed by atoms with E-state index < -0.39 is 6.10 Å². The first-order valence-corrected chi connectivity index (χ1v) is 7.35. The van der Waals surface area contributed by atoms with Crippen molar-refractivity contribution in [2.75, 3.05) is 31.6 Å². The summed E-state index contributed by atoms with van der Waals surface area (Å²) in [5.74, 6) is 0.775. The van der Waals surface area contributed by atoms with Gasteiger partial charge in [-0.25, -0.2) is 4.98 Å². The maximum absolute atomic E-state index is 11.6. The Labute approximate surface area is 128 Å². The molecule has 2 heterocycles. The Morgan fingerprint density at radius 3 is 2.76 bits per heavy atom. The van der Waals surface area contributed by atoms with Crippen molar-refractivity contribution in [1.29, 1.82) is 0 Å². The van der Waals surface area contributed by atoms with Gasteiger partial charge in [-0.05, 0) is 18.9 Å². The number of rotatable bonds is 4. The van der Waals surface area contributed by atoms with E-state index in [1.54, 1.807) is 13.1 Å². The van der Waals surface area contributed by atoms with Gasteiger partial charge in [0.05, 0.1) is 11.6 Å². The number of aromatic nitrogens is 1. The van der Waals surface area contributed by atoms with Gasteiger partial charge < -0.3 is 20.4 Å². The van der Waals surface area contributed by atoms with Crippen LogP contribution in [0.5, 0.6) is 0 Å². The molecule has 1 aliphatic heterocycles. The number of nitrogens with zero attached hydrogens (tertiary/aromatic N) is 2. The Kier molecular flexibility index (Phi) is 5.39. The summed E-state index contributed by atoms with van der Waals surface area (Å²) in [4.78, 5) is 17.9. The first-order chi connectivity index (χ1) is 10.1. The van der Waals surface area contributed by atoms with E-state index in [1.165, 1.54) is 6.20 Å². The SMILES string of the molecule is CNC(=O)C1CCN(c2ncc([C@H](O)CO)cc2Cl)CC1. The maximum atomic E-state index is 11.6. The molecule has 1 atom stereocenters. The van der Waals surface area contributed by atoms with E-state index in [4.69, 9.17) is 16.7 Å². The molecule has 3 N–H and O–H groups in total. The lowest BCUT2D eigenvalue weighted by Gasteiger charge is -2.32. The van der Waals surface area contributed by atoms with Crippen LogP contribution in [-0.4, -0.2) is 47.8 Å². The zero-order valence-corrected chi connectivity index (χ0v) is 12.7. The molecule has 1 amide bonds. The Balaban J connectivity index is 2.05. The molecule has 7 heteroatoms. The molecule has 0 aromatic carbocycles. The number of pyridine rings is 1. The third-order valence-electron chi connectivity index (χ3n) is 3.81. The topological polar surface area (TPSA) is 85.7 Å². The summed E-state index contributed by atoms with van der Waals surface area (Å²) in [6.07, 6.45) is 2.08. The molecule has 1 aromatic rings. The fourth-order valence-electron chi connectivity index (χ4n) is 2.52. The minimum absolute atomic E-state index is 0.0421. The molecule has 0 radical (unpaired) electrons. The highest BCUT2D eigenvalue weighted by Crippen LogP contribution is 2.29. The lowest BCUT2D eigenvalue weighted by atomic mass is 9.96. The Morgan fingerprint density at radius 2 is 2.24 bits per heavy atom. The van der Waals surface area contributed by atoms with Crippen molar-refractivity contribution in [3.63, 3.8) is 0 Å². The summed E-state index contributed by atoms with van der Waals surface area (Å²) < 4.78 is 0. The van der Waals surface area contributed by atoms with Gasteiger partial charge in [-0.15, -0.1) is 0 Å². The maximum Gasteiger partial charge on any atom is 0.222 e. The van der Waals surface area contributed by atoms with Gasteiger partial charge in [0.2, 0.25) is 5.91 Å². The predicted octanol–water partition coefficient (Wildman–Crippen LogP) is 0.723. The molecule has 0 aliphatic carbocycles. The van der Waals surface area contributed by atoms with Gasteiger partial charge >= 0.3 is 0 Å². The van der Waals surface area contributed by atoms with Crippen molar-refractivity contribution in [3.8, 4) is 0 Å². The van der Waals surface area contributed by atoms with Gasteiger partial charge in [-0.1, -0.05) is 11.6 Å². The van der Waals surface area contributed by atoms with Crippen molar-refractivity contribution < 1.29 is 15.0 Å². The van der Waals surface area contributed by atoms with Gasteiger partial charge in [0, 0.05) is 37.8 Å². The largest absolute Gasteiger partial charge is 0.393 e. The van der Waals surface area contributed by atoms with E-state index in [9.17, 15) is 9.90 Å². The van der Waals surface area contributed by atoms with E-state index in [2.05, 4.69) is 10.3 Å². The van der Waals surface area contributed by atoms with Crippen LogP contribution in [0.4, 0.5) is 5.82 Å². The standard InChI is InChI=1S/C14H20ClN3O3/c1-16-14(21)9-2-4-18(5-3-9)13-11(15)6-10(7-17-13)12(20)8-19/h6-7,9,12,19-20H,2-5,8H2,1H3,(H,16,21)/t12-/m1/s1. The molecule has 0 saturated carbocycles. The predicted molar refractivity (Wildman–Crippen MR) is 80.3 cm³/mol. The summed E-state index contributed by atoms with van der Waals surface area (Å²) >= 11 is 6.21. The van der Waals surface area contributed by atoms with Gasteiger partial charge in [0.1, 0.15) is 11.9 Å². The Bertz CT molecular complexity index is 504. The van der Waals surface area contributed by atoms with E-state index in [1.807, 2.05) is 4.90 Å². The number of aliphatic hydroxyl groups excluding tert-OH is 2. The lowest BCUT2D eigenvalue weighted by Crippen LogP contribution is -2.40. The second kappa shape index (κ2) is 7.06. The first kappa shape index (κ1) is 16.0. The van der Waals surface area contributed by atoms with Crippen LogP contribution in [-0.2, 0) is 4.79 Å². The molecule has 1 aliphatic rings. The molecule has 116 valence electrons. The van der Waals surface area contributed by atoms with E-state index in [0.29, 0.717) is 29.5 Å². The first-order valence-electron chi connectivity index (χ1n) is 6.97. The van der Waals surface area contributed by atoms with Crippen LogP contribution >= 0.6 is 11.6 Å². The Hall–Kier alpha value is -1.37. The number of hydrogen-bond acceptors (Lipinski definition) is 5. The smallest absolute Gasteiger partial charge is 0.222 e. The molecule has 0 unspecified atom stereocenters. The summed E-state index contributed by atoms with van der Waals surface area (Å²) in [6.45, 7) is 1.06. The third kappa shape index (κ3) is 3.64. The summed E-state index contributed by atoms with van der Waals surface area (Å²) in [6, 6.07) is 1.62. The monoisotopic (exact) mass is 313 g/mol. The summed E-state index contributed by atoms with van der Waals surface area (Å²) in [7, 11) is 1.65. The van der Waals surface area contributed by atoms with Crippen LogP contribution in [0, 0.1) is 5.92 Å². The fourth-order valence-corrected chi connectivity index (χ4v) is 2.82. The van der Waals surface area contributed by atoms with Crippen LogP contribution in [0.2, 0.25) is 5.02 Å². The molecule has 6 nitrogen and oxygen atoms in total. The number of halogens is 1. The summed E-state index contributed by atoms with van der Waals surface area (Å²) in [5.41, 5.74) is 0.492. The van der Waals surface area contributed by atoms with Gasteiger partial charge in [-0.3, -0.25) is 4.79 Å². The molecule has 1 aromatic heterocycles. The highest BCUT2D eigenvalue weighted by Gasteiger charge is 2.26. The number of carbonyl (C=O) groups excluding carboxylic acids is 1. The van der Waals surface area contributed by atoms with Crippen LogP contribution < -0.4 is 10.2 Å². The molecule has 21 heavy (non-hydrogen) atoms. The number of aliphatic hydroxyl groups is 2. The van der Waals surface area contributed by atoms with Gasteiger partial charge in [-0.2, -0.15) is 0 Å².